The summed E-state index contributed by atoms with van der Waals surface area (Å²) in [5.41, 5.74) is 2.53. The van der Waals surface area contributed by atoms with E-state index in [1.165, 1.54) is 18.2 Å². The molecule has 3 saturated heterocycles. The lowest BCUT2D eigenvalue weighted by Crippen LogP contribution is -2.52. The first-order valence-corrected chi connectivity index (χ1v) is 18.5. The van der Waals surface area contributed by atoms with Crippen LogP contribution in [-0.4, -0.2) is 55.3 Å². The highest BCUT2D eigenvalue weighted by Crippen LogP contribution is 2.37. The first-order chi connectivity index (χ1) is 25.9. The van der Waals surface area contributed by atoms with E-state index in [4.69, 9.17) is 37.4 Å². The van der Waals surface area contributed by atoms with Crippen molar-refractivity contribution >= 4 is 35.1 Å². The van der Waals surface area contributed by atoms with Gasteiger partial charge in [-0.3, -0.25) is 10.2 Å². The lowest BCUT2D eigenvalue weighted by atomic mass is 9.86. The van der Waals surface area contributed by atoms with E-state index in [9.17, 15) is 23.6 Å². The van der Waals surface area contributed by atoms with Gasteiger partial charge in [0.1, 0.15) is 28.3 Å². The van der Waals surface area contributed by atoms with Crippen LogP contribution in [0.2, 0.25) is 10.0 Å². The number of fused-ring (bicyclic) bond motifs is 3. The Morgan fingerprint density at radius 3 is 2.22 bits per heavy atom. The number of benzene rings is 3. The van der Waals surface area contributed by atoms with Gasteiger partial charge in [-0.2, -0.15) is 13.5 Å². The fraction of sp³-hybridized carbons (Fsp3) is 0.375. The number of carbonyl (C=O) groups is 2. The minimum absolute atomic E-state index is 0.0183. The third-order valence-corrected chi connectivity index (χ3v) is 10.2. The zero-order valence-corrected chi connectivity index (χ0v) is 31.3. The highest BCUT2D eigenvalue weighted by Gasteiger charge is 2.38. The second-order valence-corrected chi connectivity index (χ2v) is 14.5. The van der Waals surface area contributed by atoms with Crippen LogP contribution >= 0.6 is 23.2 Å². The molecule has 3 aliphatic heterocycles. The summed E-state index contributed by atoms with van der Waals surface area (Å²) >= 11 is 12.8. The molecule has 3 aliphatic rings. The number of carbonyl (C=O) groups excluding carboxylic acids is 2. The number of esters is 2. The molecule has 14 heteroatoms. The molecule has 1 N–H and O–H groups in total. The highest BCUT2D eigenvalue weighted by atomic mass is 35.5. The lowest BCUT2D eigenvalue weighted by molar-refractivity contribution is -0.605. The number of halogens is 4. The van der Waals surface area contributed by atoms with Crippen molar-refractivity contribution in [3.63, 3.8) is 0 Å². The summed E-state index contributed by atoms with van der Waals surface area (Å²) in [5, 5.41) is 15.4. The number of pyridine rings is 1. The van der Waals surface area contributed by atoms with E-state index < -0.39 is 30.8 Å². The first kappa shape index (κ1) is 39.2. The summed E-state index contributed by atoms with van der Waals surface area (Å²) < 4.78 is 49.3. The molecule has 1 unspecified atom stereocenters. The maximum Gasteiger partial charge on any atom is 0.387 e. The average molecular weight is 785 g/mol. The Balaban J connectivity index is 1.18. The van der Waals surface area contributed by atoms with Crippen LogP contribution in [0.15, 0.2) is 85.2 Å². The van der Waals surface area contributed by atoms with Crippen LogP contribution in [0.25, 0.3) is 0 Å². The fourth-order valence-electron chi connectivity index (χ4n) is 6.82. The number of hydrogen-bond acceptors (Lipinski definition) is 9. The number of nitrogens with zero attached hydrogens (tertiary/aromatic N) is 2. The zero-order valence-electron chi connectivity index (χ0n) is 29.8. The fourth-order valence-corrected chi connectivity index (χ4v) is 7.42. The number of ether oxygens (including phenoxy) is 4. The van der Waals surface area contributed by atoms with Crippen LogP contribution in [0.3, 0.4) is 0 Å². The molecule has 3 fully saturated rings. The molecule has 54 heavy (non-hydrogen) atoms. The Morgan fingerprint density at radius 2 is 1.61 bits per heavy atom. The van der Waals surface area contributed by atoms with Gasteiger partial charge in [0.25, 0.3) is 0 Å². The third kappa shape index (κ3) is 9.97. The van der Waals surface area contributed by atoms with E-state index >= 15 is 0 Å². The summed E-state index contributed by atoms with van der Waals surface area (Å²) in [6, 6.07) is 19.7. The van der Waals surface area contributed by atoms with Crippen LogP contribution in [0.5, 0.6) is 11.5 Å². The Labute approximate surface area is 322 Å². The van der Waals surface area contributed by atoms with Crippen molar-refractivity contribution < 1.29 is 42.0 Å². The van der Waals surface area contributed by atoms with E-state index in [-0.39, 0.29) is 45.6 Å². The average Bonchev–Trinajstić information content (AvgIpc) is 3.14. The van der Waals surface area contributed by atoms with Gasteiger partial charge in [-0.05, 0) is 86.7 Å². The smallest absolute Gasteiger partial charge is 0.387 e. The molecule has 4 aromatic rings. The van der Waals surface area contributed by atoms with Crippen molar-refractivity contribution in [1.82, 2.24) is 10.2 Å². The maximum atomic E-state index is 13.6. The molecule has 0 amide bonds. The topological polar surface area (TPSA) is 113 Å². The predicted octanol–water partition coefficient (Wildman–Crippen LogP) is 7.62. The molecule has 0 radical (unpaired) electrons. The van der Waals surface area contributed by atoms with E-state index in [1.807, 2.05) is 30.3 Å². The quantitative estimate of drug-likeness (QED) is 0.0739. The minimum atomic E-state index is -3.09. The van der Waals surface area contributed by atoms with Gasteiger partial charge in [0, 0.05) is 25.1 Å². The number of piperidine rings is 3. The zero-order chi connectivity index (χ0) is 38.4. The molecule has 0 aliphatic carbocycles. The first-order valence-electron chi connectivity index (χ1n) is 17.8. The van der Waals surface area contributed by atoms with E-state index in [0.29, 0.717) is 28.3 Å². The molecule has 3 atom stereocenters. The standard InChI is InChI=1S/C40H41Cl2F2N3O7/c1-24(2)51-35-18-29(12-13-33(35)54-40(43)44)34(19-30-31(41)21-47(50)22-32(30)42)52-38(48)28-10-8-25(9-11-28)20-45-37(27-6-4-3-5-7-27)39(49)53-36-23-46-16-14-26(36)15-17-46/h3-13,18,21-22,24,26,34,36-37,40,45H,14-17,19-20,23H2,1-2H3/t34?,36-,37-/m0/s1. The molecular weight excluding hydrogens is 743 g/mol. The Bertz CT molecular complexity index is 1890. The largest absolute Gasteiger partial charge is 0.619 e. The van der Waals surface area contributed by atoms with Gasteiger partial charge in [0.15, 0.2) is 23.9 Å². The van der Waals surface area contributed by atoms with Gasteiger partial charge in [-0.15, -0.1) is 0 Å². The van der Waals surface area contributed by atoms with Gasteiger partial charge in [0.2, 0.25) is 0 Å². The summed E-state index contributed by atoms with van der Waals surface area (Å²) in [6.07, 6.45) is 2.70. The maximum absolute atomic E-state index is 13.6. The lowest BCUT2D eigenvalue weighted by Gasteiger charge is -2.44. The number of nitrogens with one attached hydrogen (secondary N) is 1. The second kappa shape index (κ2) is 17.8. The molecule has 4 heterocycles. The number of alkyl halides is 2. The van der Waals surface area contributed by atoms with Crippen molar-refractivity contribution in [2.24, 2.45) is 5.92 Å². The second-order valence-electron chi connectivity index (χ2n) is 13.7. The van der Waals surface area contributed by atoms with Gasteiger partial charge >= 0.3 is 18.6 Å². The van der Waals surface area contributed by atoms with E-state index in [0.717, 1.165) is 56.0 Å². The third-order valence-electron chi connectivity index (χ3n) is 9.55. The molecule has 286 valence electrons. The highest BCUT2D eigenvalue weighted by molar-refractivity contribution is 6.35. The Kier molecular flexibility index (Phi) is 12.9. The van der Waals surface area contributed by atoms with Crippen molar-refractivity contribution in [2.45, 2.75) is 70.6 Å². The van der Waals surface area contributed by atoms with Crippen LogP contribution in [0.4, 0.5) is 8.78 Å². The van der Waals surface area contributed by atoms with Crippen LogP contribution in [0, 0.1) is 11.1 Å². The van der Waals surface area contributed by atoms with E-state index in [1.54, 1.807) is 38.1 Å². The van der Waals surface area contributed by atoms with E-state index in [2.05, 4.69) is 15.0 Å². The summed E-state index contributed by atoms with van der Waals surface area (Å²) in [5.74, 6) is -0.816. The number of aromatic nitrogens is 1. The normalized spacial score (nSPS) is 19.0. The monoisotopic (exact) mass is 783 g/mol. The summed E-state index contributed by atoms with van der Waals surface area (Å²) in [6.45, 7) is 3.51. The molecule has 1 aromatic heterocycles. The summed E-state index contributed by atoms with van der Waals surface area (Å²) in [7, 11) is 0. The molecule has 2 bridgehead atoms. The number of rotatable bonds is 15. The Hall–Kier alpha value is -4.49. The molecule has 0 spiro atoms. The van der Waals surface area contributed by atoms with Crippen molar-refractivity contribution in [1.29, 1.82) is 0 Å². The Morgan fingerprint density at radius 1 is 0.926 bits per heavy atom. The van der Waals surface area contributed by atoms with Crippen LogP contribution < -0.4 is 19.5 Å². The summed E-state index contributed by atoms with van der Waals surface area (Å²) in [4.78, 5) is 29.5. The van der Waals surface area contributed by atoms with Gasteiger partial charge in [-0.1, -0.05) is 71.7 Å². The van der Waals surface area contributed by atoms with Crippen molar-refractivity contribution in [3.8, 4) is 11.5 Å². The van der Waals surface area contributed by atoms with Crippen LogP contribution in [-0.2, 0) is 27.2 Å². The van der Waals surface area contributed by atoms with Gasteiger partial charge in [-0.25, -0.2) is 9.59 Å². The molecule has 7 rings (SSSR count). The molecule has 3 aromatic carbocycles. The predicted molar refractivity (Wildman–Crippen MR) is 198 cm³/mol. The minimum Gasteiger partial charge on any atom is -0.619 e. The van der Waals surface area contributed by atoms with Crippen molar-refractivity contribution in [2.75, 3.05) is 19.6 Å². The molecule has 0 saturated carbocycles. The van der Waals surface area contributed by atoms with Gasteiger partial charge < -0.3 is 24.2 Å². The van der Waals surface area contributed by atoms with Crippen molar-refractivity contribution in [3.05, 3.63) is 128 Å². The molecule has 10 nitrogen and oxygen atoms in total. The number of hydrogen-bond donors (Lipinski definition) is 1. The molecular formula is C40H41Cl2F2N3O7. The van der Waals surface area contributed by atoms with Crippen LogP contribution in [0.1, 0.15) is 71.4 Å². The SMILES string of the molecule is CC(C)Oc1cc(C(Cc2c(Cl)c[n+]([O-])cc2Cl)OC(=O)c2ccc(CN[C@H](C(=O)O[C@H]3CN4CCC3CC4)c3ccccc3)cc2)ccc1OC(F)F. The van der Waals surface area contributed by atoms with Gasteiger partial charge in [0.05, 0.1) is 11.7 Å².